The molecule has 0 atom stereocenters. The van der Waals surface area contributed by atoms with Crippen LogP contribution in [-0.2, 0) is 0 Å². The molecular weight excluding hydrogens is 304 g/mol. The molecule has 0 saturated carbocycles. The first-order valence-electron chi connectivity index (χ1n) is 4.95. The quantitative estimate of drug-likeness (QED) is 0.789. The molecule has 1 heterocycles. The Labute approximate surface area is 113 Å². The van der Waals surface area contributed by atoms with Crippen LogP contribution in [0.5, 0.6) is 5.75 Å². The molecule has 5 heteroatoms. The average Bonchev–Trinajstić information content (AvgIpc) is 2.27. The summed E-state index contributed by atoms with van der Waals surface area (Å²) in [6.45, 7) is 1.88. The van der Waals surface area contributed by atoms with Crippen LogP contribution in [0.3, 0.4) is 0 Å². The summed E-state index contributed by atoms with van der Waals surface area (Å²) in [5, 5.41) is 0.425. The zero-order valence-electron chi connectivity index (χ0n) is 9.37. The van der Waals surface area contributed by atoms with E-state index in [1.807, 2.05) is 25.1 Å². The highest BCUT2D eigenvalue weighted by Gasteiger charge is 2.10. The van der Waals surface area contributed by atoms with Gasteiger partial charge in [-0.15, -0.1) is 0 Å². The van der Waals surface area contributed by atoms with Crippen LogP contribution in [-0.4, -0.2) is 17.1 Å². The number of benzene rings is 1. The van der Waals surface area contributed by atoms with Gasteiger partial charge in [-0.05, 0) is 31.2 Å². The molecule has 17 heavy (non-hydrogen) atoms. The minimum atomic E-state index is 0.425. The van der Waals surface area contributed by atoms with E-state index >= 15 is 0 Å². The van der Waals surface area contributed by atoms with Crippen LogP contribution in [0, 0.1) is 6.92 Å². The Balaban J connectivity index is 2.62. The summed E-state index contributed by atoms with van der Waals surface area (Å²) in [6.07, 6.45) is 0. The van der Waals surface area contributed by atoms with E-state index in [9.17, 15) is 0 Å². The highest BCUT2D eigenvalue weighted by atomic mass is 79.9. The molecule has 0 aliphatic carbocycles. The van der Waals surface area contributed by atoms with Crippen LogP contribution in [0.15, 0.2) is 28.7 Å². The van der Waals surface area contributed by atoms with Gasteiger partial charge in [0, 0.05) is 10.2 Å². The Bertz CT molecular complexity index is 540. The Morgan fingerprint density at radius 3 is 2.65 bits per heavy atom. The van der Waals surface area contributed by atoms with E-state index in [-0.39, 0.29) is 0 Å². The summed E-state index contributed by atoms with van der Waals surface area (Å²) in [5.74, 6) is 1.28. The lowest BCUT2D eigenvalue weighted by atomic mass is 10.2. The molecule has 0 radical (unpaired) electrons. The fourth-order valence-corrected chi connectivity index (χ4v) is 2.10. The summed E-state index contributed by atoms with van der Waals surface area (Å²) >= 11 is 9.35. The van der Waals surface area contributed by atoms with E-state index in [4.69, 9.17) is 16.3 Å². The molecule has 88 valence electrons. The first-order chi connectivity index (χ1) is 8.10. The lowest BCUT2D eigenvalue weighted by molar-refractivity contribution is 0.416. The normalized spacial score (nSPS) is 10.4. The third-order valence-electron chi connectivity index (χ3n) is 2.23. The van der Waals surface area contributed by atoms with Gasteiger partial charge in [0.2, 0.25) is 0 Å². The summed E-state index contributed by atoms with van der Waals surface area (Å²) in [6, 6.07) is 7.39. The molecule has 0 saturated heterocycles. The van der Waals surface area contributed by atoms with Gasteiger partial charge in [0.1, 0.15) is 10.9 Å². The van der Waals surface area contributed by atoms with Crippen molar-refractivity contribution < 1.29 is 4.74 Å². The van der Waals surface area contributed by atoms with E-state index < -0.39 is 0 Å². The molecule has 0 aliphatic rings. The maximum atomic E-state index is 5.93. The van der Waals surface area contributed by atoms with E-state index in [1.54, 1.807) is 13.2 Å². The average molecular weight is 314 g/mol. The smallest absolute Gasteiger partial charge is 0.164 e. The minimum absolute atomic E-state index is 0.425. The predicted octanol–water partition coefficient (Wildman–Crippen LogP) is 3.88. The molecule has 1 aromatic heterocycles. The van der Waals surface area contributed by atoms with Gasteiger partial charge >= 0.3 is 0 Å². The molecule has 0 bridgehead atoms. The van der Waals surface area contributed by atoms with E-state index in [0.29, 0.717) is 11.0 Å². The number of methoxy groups -OCH3 is 1. The number of ether oxygens (including phenoxy) is 1. The molecular formula is C12H10BrClN2O. The third kappa shape index (κ3) is 2.76. The first kappa shape index (κ1) is 12.3. The molecule has 0 amide bonds. The molecule has 2 aromatic rings. The number of aromatic nitrogens is 2. The minimum Gasteiger partial charge on any atom is -0.496 e. The highest BCUT2D eigenvalue weighted by molar-refractivity contribution is 9.10. The van der Waals surface area contributed by atoms with Crippen molar-refractivity contribution in [3.63, 3.8) is 0 Å². The standard InChI is InChI=1S/C12H10BrClN2O/c1-7-5-11(14)16-12(15-7)9-6-8(13)3-4-10(9)17-2/h3-6H,1-2H3. The fourth-order valence-electron chi connectivity index (χ4n) is 1.51. The fraction of sp³-hybridized carbons (Fsp3) is 0.167. The number of halogens is 2. The van der Waals surface area contributed by atoms with Crippen LogP contribution in [0.4, 0.5) is 0 Å². The van der Waals surface area contributed by atoms with Gasteiger partial charge < -0.3 is 4.74 Å². The summed E-state index contributed by atoms with van der Waals surface area (Å²) < 4.78 is 6.23. The zero-order chi connectivity index (χ0) is 12.4. The summed E-state index contributed by atoms with van der Waals surface area (Å²) in [7, 11) is 1.62. The number of nitrogens with zero attached hydrogens (tertiary/aromatic N) is 2. The van der Waals surface area contributed by atoms with Crippen LogP contribution in [0.2, 0.25) is 5.15 Å². The SMILES string of the molecule is COc1ccc(Br)cc1-c1nc(C)cc(Cl)n1. The predicted molar refractivity (Wildman–Crippen MR) is 71.5 cm³/mol. The van der Waals surface area contributed by atoms with Crippen LogP contribution < -0.4 is 4.74 Å². The Morgan fingerprint density at radius 1 is 1.24 bits per heavy atom. The van der Waals surface area contributed by atoms with Gasteiger partial charge in [0.25, 0.3) is 0 Å². The lowest BCUT2D eigenvalue weighted by Crippen LogP contribution is -1.95. The zero-order valence-corrected chi connectivity index (χ0v) is 11.7. The van der Waals surface area contributed by atoms with Crippen LogP contribution in [0.1, 0.15) is 5.69 Å². The second kappa shape index (κ2) is 5.02. The highest BCUT2D eigenvalue weighted by Crippen LogP contribution is 2.31. The van der Waals surface area contributed by atoms with Crippen molar-refractivity contribution in [1.29, 1.82) is 0 Å². The van der Waals surface area contributed by atoms with Crippen molar-refractivity contribution in [2.75, 3.05) is 7.11 Å². The van der Waals surface area contributed by atoms with E-state index in [0.717, 1.165) is 21.5 Å². The van der Waals surface area contributed by atoms with E-state index in [2.05, 4.69) is 25.9 Å². The Hall–Kier alpha value is -1.13. The van der Waals surface area contributed by atoms with Crippen molar-refractivity contribution in [2.24, 2.45) is 0 Å². The molecule has 3 nitrogen and oxygen atoms in total. The van der Waals surface area contributed by atoms with Crippen molar-refractivity contribution in [3.05, 3.63) is 39.6 Å². The molecule has 1 aromatic carbocycles. The summed E-state index contributed by atoms with van der Waals surface area (Å²) in [5.41, 5.74) is 1.63. The Morgan fingerprint density at radius 2 is 2.00 bits per heavy atom. The first-order valence-corrected chi connectivity index (χ1v) is 6.12. The number of hydrogen-bond donors (Lipinski definition) is 0. The summed E-state index contributed by atoms with van der Waals surface area (Å²) in [4.78, 5) is 8.57. The number of rotatable bonds is 2. The molecule has 0 aliphatic heterocycles. The van der Waals surface area contributed by atoms with Crippen molar-refractivity contribution >= 4 is 27.5 Å². The van der Waals surface area contributed by atoms with Crippen LogP contribution >= 0.6 is 27.5 Å². The van der Waals surface area contributed by atoms with Gasteiger partial charge in [-0.1, -0.05) is 27.5 Å². The molecule has 0 unspecified atom stereocenters. The van der Waals surface area contributed by atoms with Gasteiger partial charge in [-0.25, -0.2) is 9.97 Å². The number of aryl methyl sites for hydroxylation is 1. The molecule has 0 N–H and O–H groups in total. The topological polar surface area (TPSA) is 35.0 Å². The monoisotopic (exact) mass is 312 g/mol. The third-order valence-corrected chi connectivity index (χ3v) is 2.91. The van der Waals surface area contributed by atoms with Gasteiger partial charge in [0.15, 0.2) is 5.82 Å². The van der Waals surface area contributed by atoms with Crippen molar-refractivity contribution in [3.8, 4) is 17.1 Å². The number of hydrogen-bond acceptors (Lipinski definition) is 3. The van der Waals surface area contributed by atoms with Gasteiger partial charge in [-0.2, -0.15) is 0 Å². The van der Waals surface area contributed by atoms with Crippen molar-refractivity contribution in [2.45, 2.75) is 6.92 Å². The van der Waals surface area contributed by atoms with Gasteiger partial charge in [0.05, 0.1) is 12.7 Å². The maximum Gasteiger partial charge on any atom is 0.164 e. The molecule has 0 fully saturated rings. The molecule has 0 spiro atoms. The van der Waals surface area contributed by atoms with E-state index in [1.165, 1.54) is 0 Å². The van der Waals surface area contributed by atoms with Crippen molar-refractivity contribution in [1.82, 2.24) is 9.97 Å². The Kier molecular flexibility index (Phi) is 3.64. The second-order valence-electron chi connectivity index (χ2n) is 3.50. The van der Waals surface area contributed by atoms with Crippen LogP contribution in [0.25, 0.3) is 11.4 Å². The molecule has 2 rings (SSSR count). The van der Waals surface area contributed by atoms with Gasteiger partial charge in [-0.3, -0.25) is 0 Å². The maximum absolute atomic E-state index is 5.93. The largest absolute Gasteiger partial charge is 0.496 e. The second-order valence-corrected chi connectivity index (χ2v) is 4.80. The lowest BCUT2D eigenvalue weighted by Gasteiger charge is -2.08.